The number of hydrogen-bond acceptors (Lipinski definition) is 3. The van der Waals surface area contributed by atoms with Crippen molar-refractivity contribution in [2.24, 2.45) is 0 Å². The fraction of sp³-hybridized carbons (Fsp3) is 0.200. The number of nitrogens with zero attached hydrogens (tertiary/aromatic N) is 2. The van der Waals surface area contributed by atoms with Gasteiger partial charge in [0.15, 0.2) is 5.69 Å². The molecule has 1 unspecified atom stereocenters. The highest BCUT2D eigenvalue weighted by Gasteiger charge is 2.32. The van der Waals surface area contributed by atoms with Crippen LogP contribution < -0.4 is 4.90 Å². The first kappa shape index (κ1) is 11.7. The highest BCUT2D eigenvalue weighted by atomic mass is 16.3. The van der Waals surface area contributed by atoms with E-state index in [9.17, 15) is 9.90 Å². The normalized spacial score (nSPS) is 17.3. The van der Waals surface area contributed by atoms with E-state index in [1.54, 1.807) is 11.0 Å². The predicted molar refractivity (Wildman–Crippen MR) is 72.3 cm³/mol. The van der Waals surface area contributed by atoms with Crippen LogP contribution in [0.2, 0.25) is 0 Å². The van der Waals surface area contributed by atoms with E-state index in [1.165, 1.54) is 12.3 Å². The van der Waals surface area contributed by atoms with Crippen LogP contribution in [0.15, 0.2) is 42.6 Å². The van der Waals surface area contributed by atoms with Crippen LogP contribution in [0.1, 0.15) is 23.0 Å². The molecule has 96 valence electrons. The Hall–Kier alpha value is -2.36. The van der Waals surface area contributed by atoms with Crippen molar-refractivity contribution in [2.75, 3.05) is 4.90 Å². The molecule has 4 heteroatoms. The lowest BCUT2D eigenvalue weighted by atomic mass is 10.1. The molecule has 0 saturated heterocycles. The van der Waals surface area contributed by atoms with Gasteiger partial charge < -0.3 is 10.0 Å². The second-order valence-electron chi connectivity index (χ2n) is 4.73. The molecule has 0 spiro atoms. The number of benzene rings is 1. The van der Waals surface area contributed by atoms with Gasteiger partial charge in [0.2, 0.25) is 0 Å². The fourth-order valence-corrected chi connectivity index (χ4v) is 2.55. The van der Waals surface area contributed by atoms with E-state index < -0.39 is 0 Å². The highest BCUT2D eigenvalue weighted by Crippen LogP contribution is 2.33. The summed E-state index contributed by atoms with van der Waals surface area (Å²) in [6.45, 7) is 2.00. The summed E-state index contributed by atoms with van der Waals surface area (Å²) in [6, 6.07) is 11.0. The number of fused-ring (bicyclic) bond motifs is 1. The molecular weight excluding hydrogens is 240 g/mol. The van der Waals surface area contributed by atoms with Gasteiger partial charge in [0, 0.05) is 17.9 Å². The molecule has 0 aliphatic carbocycles. The molecular formula is C15H14N2O2. The molecule has 1 atom stereocenters. The van der Waals surface area contributed by atoms with Crippen molar-refractivity contribution in [3.8, 4) is 5.75 Å². The van der Waals surface area contributed by atoms with Crippen molar-refractivity contribution in [2.45, 2.75) is 19.4 Å². The van der Waals surface area contributed by atoms with Gasteiger partial charge in [-0.25, -0.2) is 4.98 Å². The minimum Gasteiger partial charge on any atom is -0.505 e. The third-order valence-electron chi connectivity index (χ3n) is 3.42. The standard InChI is InChI=1S/C15H14N2O2/c1-10-9-11-5-2-3-6-12(11)17(10)15(19)14-13(18)7-4-8-16-14/h2-8,10,18H,9H2,1H3. The summed E-state index contributed by atoms with van der Waals surface area (Å²) in [6.07, 6.45) is 2.34. The number of anilines is 1. The van der Waals surface area contributed by atoms with Crippen LogP contribution in [0, 0.1) is 0 Å². The lowest BCUT2D eigenvalue weighted by Crippen LogP contribution is -2.36. The maximum absolute atomic E-state index is 12.5. The number of aromatic nitrogens is 1. The largest absolute Gasteiger partial charge is 0.505 e. The van der Waals surface area contributed by atoms with Crippen LogP contribution >= 0.6 is 0 Å². The molecule has 1 aliphatic rings. The molecule has 2 aromatic rings. The van der Waals surface area contributed by atoms with Crippen LogP contribution in [0.25, 0.3) is 0 Å². The van der Waals surface area contributed by atoms with Crippen LogP contribution in [-0.2, 0) is 6.42 Å². The average Bonchev–Trinajstić information content (AvgIpc) is 2.74. The number of pyridine rings is 1. The molecule has 19 heavy (non-hydrogen) atoms. The number of para-hydroxylation sites is 1. The first-order chi connectivity index (χ1) is 9.18. The molecule has 1 amide bonds. The van der Waals surface area contributed by atoms with Crippen molar-refractivity contribution in [3.63, 3.8) is 0 Å². The van der Waals surface area contributed by atoms with Crippen molar-refractivity contribution >= 4 is 11.6 Å². The molecule has 0 saturated carbocycles. The van der Waals surface area contributed by atoms with Crippen molar-refractivity contribution in [1.82, 2.24) is 4.98 Å². The van der Waals surface area contributed by atoms with Gasteiger partial charge in [0.25, 0.3) is 5.91 Å². The van der Waals surface area contributed by atoms with Gasteiger partial charge in [0.1, 0.15) is 5.75 Å². The molecule has 0 fully saturated rings. The summed E-state index contributed by atoms with van der Waals surface area (Å²) >= 11 is 0. The Balaban J connectivity index is 2.03. The Labute approximate surface area is 111 Å². The van der Waals surface area contributed by atoms with E-state index in [-0.39, 0.29) is 23.4 Å². The zero-order chi connectivity index (χ0) is 13.4. The van der Waals surface area contributed by atoms with Gasteiger partial charge >= 0.3 is 0 Å². The smallest absolute Gasteiger partial charge is 0.280 e. The molecule has 3 rings (SSSR count). The van der Waals surface area contributed by atoms with Gasteiger partial charge in [-0.1, -0.05) is 18.2 Å². The number of carbonyl (C=O) groups is 1. The zero-order valence-corrected chi connectivity index (χ0v) is 10.6. The Bertz CT molecular complexity index is 640. The maximum Gasteiger partial charge on any atom is 0.280 e. The minimum atomic E-state index is -0.254. The predicted octanol–water partition coefficient (Wildman–Crippen LogP) is 2.38. The Kier molecular flexibility index (Phi) is 2.71. The topological polar surface area (TPSA) is 53.4 Å². The molecule has 1 aromatic heterocycles. The quantitative estimate of drug-likeness (QED) is 0.850. The lowest BCUT2D eigenvalue weighted by molar-refractivity contribution is 0.0974. The lowest BCUT2D eigenvalue weighted by Gasteiger charge is -2.22. The molecule has 2 heterocycles. The van der Waals surface area contributed by atoms with Crippen LogP contribution in [-0.4, -0.2) is 22.0 Å². The van der Waals surface area contributed by atoms with E-state index in [4.69, 9.17) is 0 Å². The van der Waals surface area contributed by atoms with Crippen LogP contribution in [0.4, 0.5) is 5.69 Å². The third-order valence-corrected chi connectivity index (χ3v) is 3.42. The number of amides is 1. The number of aromatic hydroxyl groups is 1. The van der Waals surface area contributed by atoms with E-state index in [1.807, 2.05) is 31.2 Å². The molecule has 1 N–H and O–H groups in total. The Morgan fingerprint density at radius 3 is 2.89 bits per heavy atom. The summed E-state index contributed by atoms with van der Waals surface area (Å²) < 4.78 is 0. The molecule has 1 aliphatic heterocycles. The summed E-state index contributed by atoms with van der Waals surface area (Å²) in [5.41, 5.74) is 2.16. The third kappa shape index (κ3) is 1.85. The SMILES string of the molecule is CC1Cc2ccccc2N1C(=O)c1ncccc1O. The fourth-order valence-electron chi connectivity index (χ4n) is 2.55. The first-order valence-corrected chi connectivity index (χ1v) is 6.24. The number of rotatable bonds is 1. The van der Waals surface area contributed by atoms with Gasteiger partial charge in [-0.3, -0.25) is 4.79 Å². The molecule has 0 radical (unpaired) electrons. The van der Waals surface area contributed by atoms with E-state index >= 15 is 0 Å². The van der Waals surface area contributed by atoms with Gasteiger partial charge in [0.05, 0.1) is 0 Å². The van der Waals surface area contributed by atoms with E-state index in [2.05, 4.69) is 4.98 Å². The summed E-state index contributed by atoms with van der Waals surface area (Å²) in [5.74, 6) is -0.334. The first-order valence-electron chi connectivity index (χ1n) is 6.24. The van der Waals surface area contributed by atoms with Gasteiger partial charge in [-0.2, -0.15) is 0 Å². The van der Waals surface area contributed by atoms with Crippen molar-refractivity contribution in [1.29, 1.82) is 0 Å². The second-order valence-corrected chi connectivity index (χ2v) is 4.73. The summed E-state index contributed by atoms with van der Waals surface area (Å²) in [5, 5.41) is 9.77. The van der Waals surface area contributed by atoms with Crippen LogP contribution in [0.3, 0.4) is 0 Å². The highest BCUT2D eigenvalue weighted by molar-refractivity contribution is 6.08. The number of carbonyl (C=O) groups excluding carboxylic acids is 1. The monoisotopic (exact) mass is 254 g/mol. The van der Waals surface area contributed by atoms with E-state index in [0.717, 1.165) is 17.7 Å². The van der Waals surface area contributed by atoms with Gasteiger partial charge in [-0.05, 0) is 37.1 Å². The van der Waals surface area contributed by atoms with Crippen LogP contribution in [0.5, 0.6) is 5.75 Å². The molecule has 1 aromatic carbocycles. The maximum atomic E-state index is 12.5. The van der Waals surface area contributed by atoms with Crippen molar-refractivity contribution in [3.05, 3.63) is 53.9 Å². The van der Waals surface area contributed by atoms with E-state index in [0.29, 0.717) is 0 Å². The Morgan fingerprint density at radius 1 is 1.32 bits per heavy atom. The number of hydrogen-bond donors (Lipinski definition) is 1. The molecule has 0 bridgehead atoms. The Morgan fingerprint density at radius 2 is 2.11 bits per heavy atom. The minimum absolute atomic E-state index is 0.0753. The zero-order valence-electron chi connectivity index (χ0n) is 10.6. The van der Waals surface area contributed by atoms with Crippen molar-refractivity contribution < 1.29 is 9.90 Å². The summed E-state index contributed by atoms with van der Waals surface area (Å²) in [4.78, 5) is 18.2. The second kappa shape index (κ2) is 4.39. The molecule has 4 nitrogen and oxygen atoms in total. The summed E-state index contributed by atoms with van der Waals surface area (Å²) in [7, 11) is 0. The van der Waals surface area contributed by atoms with Gasteiger partial charge in [-0.15, -0.1) is 0 Å². The average molecular weight is 254 g/mol.